The van der Waals surface area contributed by atoms with E-state index in [1.165, 1.54) is 12.1 Å². The van der Waals surface area contributed by atoms with Crippen LogP contribution in [0.2, 0.25) is 0 Å². The monoisotopic (exact) mass is 280 g/mol. The van der Waals surface area contributed by atoms with Gasteiger partial charge in [-0.1, -0.05) is 0 Å². The number of hydrogen-bond donors (Lipinski definition) is 1. The summed E-state index contributed by atoms with van der Waals surface area (Å²) in [5.41, 5.74) is 1.25. The molecular formula is C13H10ClFN2O2. The van der Waals surface area contributed by atoms with E-state index < -0.39 is 5.24 Å². The molecule has 6 heteroatoms. The highest BCUT2D eigenvalue weighted by Crippen LogP contribution is 2.17. The first-order valence-corrected chi connectivity index (χ1v) is 5.97. The molecule has 1 N–H and O–H groups in total. The van der Waals surface area contributed by atoms with Gasteiger partial charge in [-0.3, -0.25) is 9.59 Å². The molecule has 0 amide bonds. The van der Waals surface area contributed by atoms with Gasteiger partial charge < -0.3 is 0 Å². The number of nitrogens with zero attached hydrogens (tertiary/aromatic N) is 1. The number of rotatable bonds is 4. The molecule has 0 bridgehead atoms. The molecule has 1 aromatic heterocycles. The number of halogens is 2. The molecule has 2 rings (SSSR count). The Morgan fingerprint density at radius 1 is 1.32 bits per heavy atom. The van der Waals surface area contributed by atoms with Gasteiger partial charge >= 0.3 is 0 Å². The molecule has 4 nitrogen and oxygen atoms in total. The van der Waals surface area contributed by atoms with Gasteiger partial charge in [0, 0.05) is 17.5 Å². The molecule has 19 heavy (non-hydrogen) atoms. The first-order valence-electron chi connectivity index (χ1n) is 5.59. The van der Waals surface area contributed by atoms with Crippen LogP contribution in [0.4, 0.5) is 4.39 Å². The second-order valence-electron chi connectivity index (χ2n) is 3.97. The normalized spacial score (nSPS) is 10.4. The number of aromatic amines is 1. The van der Waals surface area contributed by atoms with Crippen molar-refractivity contribution in [2.75, 3.05) is 0 Å². The fourth-order valence-electron chi connectivity index (χ4n) is 1.63. The Morgan fingerprint density at radius 3 is 2.63 bits per heavy atom. The third-order valence-electron chi connectivity index (χ3n) is 2.61. The van der Waals surface area contributed by atoms with Gasteiger partial charge in [-0.05, 0) is 48.4 Å². The predicted octanol–water partition coefficient (Wildman–Crippen LogP) is 2.27. The van der Waals surface area contributed by atoms with Crippen molar-refractivity contribution in [3.63, 3.8) is 0 Å². The number of carbonyl (C=O) groups is 1. The maximum Gasteiger partial charge on any atom is 0.267 e. The van der Waals surface area contributed by atoms with Crippen molar-refractivity contribution < 1.29 is 9.18 Å². The van der Waals surface area contributed by atoms with Crippen molar-refractivity contribution in [1.29, 1.82) is 0 Å². The molecule has 0 spiro atoms. The Kier molecular flexibility index (Phi) is 4.06. The number of aromatic nitrogens is 2. The lowest BCUT2D eigenvalue weighted by molar-refractivity contribution is -0.111. The molecule has 1 heterocycles. The van der Waals surface area contributed by atoms with Crippen LogP contribution in [0.15, 0.2) is 35.1 Å². The van der Waals surface area contributed by atoms with Crippen LogP contribution in [0.5, 0.6) is 0 Å². The van der Waals surface area contributed by atoms with E-state index in [1.54, 1.807) is 18.2 Å². The lowest BCUT2D eigenvalue weighted by Gasteiger charge is -2.03. The minimum Gasteiger partial charge on any atom is -0.281 e. The number of nitrogens with one attached hydrogen (secondary N) is 1. The fraction of sp³-hybridized carbons (Fsp3) is 0.154. The van der Waals surface area contributed by atoms with Gasteiger partial charge in [0.05, 0.1) is 5.69 Å². The van der Waals surface area contributed by atoms with Crippen molar-refractivity contribution >= 4 is 16.8 Å². The Morgan fingerprint density at radius 2 is 2.00 bits per heavy atom. The molecule has 0 fully saturated rings. The van der Waals surface area contributed by atoms with E-state index in [9.17, 15) is 14.0 Å². The SMILES string of the molecule is O=C(Cl)CCc1cc(-c2ccc(F)cc2)n[nH]c1=O. The Hall–Kier alpha value is -2.01. The summed E-state index contributed by atoms with van der Waals surface area (Å²) in [6, 6.07) is 7.32. The van der Waals surface area contributed by atoms with Crippen LogP contribution in [0.1, 0.15) is 12.0 Å². The summed E-state index contributed by atoms with van der Waals surface area (Å²) in [6.07, 6.45) is 0.325. The molecule has 0 saturated heterocycles. The standard InChI is InChI=1S/C13H10ClFN2O2/c14-12(18)6-3-9-7-11(16-17-13(9)19)8-1-4-10(15)5-2-8/h1-2,4-5,7H,3,6H2,(H,17,19). The highest BCUT2D eigenvalue weighted by molar-refractivity contribution is 6.63. The van der Waals surface area contributed by atoms with Crippen molar-refractivity contribution in [1.82, 2.24) is 10.2 Å². The molecule has 98 valence electrons. The second-order valence-corrected chi connectivity index (χ2v) is 4.39. The average Bonchev–Trinajstić information content (AvgIpc) is 2.39. The van der Waals surface area contributed by atoms with Crippen molar-refractivity contribution in [2.45, 2.75) is 12.8 Å². The minimum atomic E-state index is -0.500. The molecule has 0 radical (unpaired) electrons. The molecule has 0 unspecified atom stereocenters. The third kappa shape index (κ3) is 3.48. The molecular weight excluding hydrogens is 271 g/mol. The highest BCUT2D eigenvalue weighted by Gasteiger charge is 2.07. The Labute approximate surface area is 113 Å². The van der Waals surface area contributed by atoms with Gasteiger partial charge in [0.1, 0.15) is 5.82 Å². The fourth-order valence-corrected chi connectivity index (χ4v) is 1.73. The maximum atomic E-state index is 12.8. The van der Waals surface area contributed by atoms with Crippen molar-refractivity contribution in [3.05, 3.63) is 52.1 Å². The number of hydrogen-bond acceptors (Lipinski definition) is 3. The van der Waals surface area contributed by atoms with Crippen molar-refractivity contribution in [2.24, 2.45) is 0 Å². The maximum absolute atomic E-state index is 12.8. The molecule has 0 aliphatic heterocycles. The van der Waals surface area contributed by atoms with E-state index in [0.717, 1.165) is 0 Å². The van der Waals surface area contributed by atoms with Gasteiger partial charge in [0.15, 0.2) is 0 Å². The summed E-state index contributed by atoms with van der Waals surface area (Å²) in [5.74, 6) is -0.346. The van der Waals surface area contributed by atoms with Gasteiger partial charge in [0.2, 0.25) is 5.24 Å². The van der Waals surface area contributed by atoms with Crippen LogP contribution in [-0.2, 0) is 11.2 Å². The van der Waals surface area contributed by atoms with Crippen LogP contribution in [-0.4, -0.2) is 15.4 Å². The minimum absolute atomic E-state index is 0.0809. The molecule has 0 aliphatic rings. The molecule has 2 aromatic rings. The lowest BCUT2D eigenvalue weighted by Crippen LogP contribution is -2.15. The highest BCUT2D eigenvalue weighted by atomic mass is 35.5. The first-order chi connectivity index (χ1) is 9.06. The molecule has 0 aliphatic carbocycles. The quantitative estimate of drug-likeness (QED) is 0.874. The van der Waals surface area contributed by atoms with Gasteiger partial charge in [0.25, 0.3) is 5.56 Å². The Bertz CT molecular complexity index is 652. The summed E-state index contributed by atoms with van der Waals surface area (Å²) in [6.45, 7) is 0. The van der Waals surface area contributed by atoms with Crippen LogP contribution >= 0.6 is 11.6 Å². The van der Waals surface area contributed by atoms with E-state index in [4.69, 9.17) is 11.6 Å². The van der Waals surface area contributed by atoms with E-state index in [0.29, 0.717) is 16.8 Å². The number of H-pyrrole nitrogens is 1. The van der Waals surface area contributed by atoms with E-state index >= 15 is 0 Å². The van der Waals surface area contributed by atoms with E-state index in [1.807, 2.05) is 0 Å². The molecule has 0 saturated carbocycles. The second kappa shape index (κ2) is 5.75. The Balaban J connectivity index is 2.32. The zero-order chi connectivity index (χ0) is 13.8. The smallest absolute Gasteiger partial charge is 0.267 e. The van der Waals surface area contributed by atoms with E-state index in [-0.39, 0.29) is 24.2 Å². The summed E-state index contributed by atoms with van der Waals surface area (Å²) in [4.78, 5) is 22.3. The zero-order valence-corrected chi connectivity index (χ0v) is 10.6. The zero-order valence-electron chi connectivity index (χ0n) is 9.82. The summed E-state index contributed by atoms with van der Waals surface area (Å²) < 4.78 is 12.8. The molecule has 0 atom stereocenters. The van der Waals surface area contributed by atoms with Gasteiger partial charge in [-0.2, -0.15) is 5.10 Å². The summed E-state index contributed by atoms with van der Waals surface area (Å²) in [5, 5.41) is 5.74. The van der Waals surface area contributed by atoms with Crippen molar-refractivity contribution in [3.8, 4) is 11.3 Å². The van der Waals surface area contributed by atoms with Crippen LogP contribution in [0.3, 0.4) is 0 Å². The largest absolute Gasteiger partial charge is 0.281 e. The third-order valence-corrected chi connectivity index (χ3v) is 2.80. The number of aryl methyl sites for hydroxylation is 1. The van der Waals surface area contributed by atoms with Crippen LogP contribution in [0, 0.1) is 5.82 Å². The molecule has 1 aromatic carbocycles. The summed E-state index contributed by atoms with van der Waals surface area (Å²) in [7, 11) is 0. The van der Waals surface area contributed by atoms with Crippen LogP contribution in [0.25, 0.3) is 11.3 Å². The topological polar surface area (TPSA) is 62.8 Å². The average molecular weight is 281 g/mol. The number of benzene rings is 1. The van der Waals surface area contributed by atoms with E-state index in [2.05, 4.69) is 10.2 Å². The lowest BCUT2D eigenvalue weighted by atomic mass is 10.1. The number of carbonyl (C=O) groups excluding carboxylic acids is 1. The van der Waals surface area contributed by atoms with Gasteiger partial charge in [-0.25, -0.2) is 9.49 Å². The first kappa shape index (κ1) is 13.4. The predicted molar refractivity (Wildman–Crippen MR) is 69.4 cm³/mol. The van der Waals surface area contributed by atoms with Crippen LogP contribution < -0.4 is 5.56 Å². The summed E-state index contributed by atoms with van der Waals surface area (Å²) >= 11 is 5.25. The van der Waals surface area contributed by atoms with Gasteiger partial charge in [-0.15, -0.1) is 0 Å².